The molecule has 0 saturated carbocycles. The van der Waals surface area contributed by atoms with Crippen molar-refractivity contribution >= 4 is 22.2 Å². The SMILES string of the molecule is O=Cc1cc(OCC(O)c2ccccc2)ccc1Br. The number of aliphatic hydroxyl groups excluding tert-OH is 1. The van der Waals surface area contributed by atoms with Crippen LogP contribution < -0.4 is 4.74 Å². The third-order valence-electron chi connectivity index (χ3n) is 2.69. The summed E-state index contributed by atoms with van der Waals surface area (Å²) in [6, 6.07) is 14.4. The Balaban J connectivity index is 2.01. The van der Waals surface area contributed by atoms with Crippen molar-refractivity contribution in [2.45, 2.75) is 6.10 Å². The number of benzene rings is 2. The van der Waals surface area contributed by atoms with E-state index in [-0.39, 0.29) is 6.61 Å². The first-order chi connectivity index (χ1) is 9.20. The topological polar surface area (TPSA) is 46.5 Å². The summed E-state index contributed by atoms with van der Waals surface area (Å²) >= 11 is 3.27. The molecule has 3 nitrogen and oxygen atoms in total. The first-order valence-electron chi connectivity index (χ1n) is 5.81. The highest BCUT2D eigenvalue weighted by Crippen LogP contribution is 2.22. The van der Waals surface area contributed by atoms with Crippen LogP contribution in [0.25, 0.3) is 0 Å². The molecule has 4 heteroatoms. The van der Waals surface area contributed by atoms with Gasteiger partial charge in [0.2, 0.25) is 0 Å². The lowest BCUT2D eigenvalue weighted by molar-refractivity contribution is 0.108. The lowest BCUT2D eigenvalue weighted by Crippen LogP contribution is -2.09. The van der Waals surface area contributed by atoms with E-state index in [2.05, 4.69) is 15.9 Å². The van der Waals surface area contributed by atoms with Gasteiger partial charge in [0.25, 0.3) is 0 Å². The molecule has 0 amide bonds. The lowest BCUT2D eigenvalue weighted by Gasteiger charge is -2.13. The summed E-state index contributed by atoms with van der Waals surface area (Å²) < 4.78 is 6.21. The second-order valence-corrected chi connectivity index (χ2v) is 4.89. The molecule has 0 aromatic heterocycles. The number of rotatable bonds is 5. The van der Waals surface area contributed by atoms with Gasteiger partial charge < -0.3 is 9.84 Å². The van der Waals surface area contributed by atoms with E-state index >= 15 is 0 Å². The van der Waals surface area contributed by atoms with E-state index in [4.69, 9.17) is 4.74 Å². The summed E-state index contributed by atoms with van der Waals surface area (Å²) in [7, 11) is 0. The fourth-order valence-electron chi connectivity index (χ4n) is 1.65. The predicted molar refractivity (Wildman–Crippen MR) is 76.4 cm³/mol. The summed E-state index contributed by atoms with van der Waals surface area (Å²) in [5.74, 6) is 0.556. The Labute approximate surface area is 120 Å². The number of hydrogen-bond acceptors (Lipinski definition) is 3. The number of hydrogen-bond donors (Lipinski definition) is 1. The Morgan fingerprint density at radius 2 is 1.95 bits per heavy atom. The molecule has 98 valence electrons. The van der Waals surface area contributed by atoms with Crippen molar-refractivity contribution < 1.29 is 14.6 Å². The van der Waals surface area contributed by atoms with Crippen molar-refractivity contribution in [2.24, 2.45) is 0 Å². The molecule has 2 rings (SSSR count). The average Bonchev–Trinajstić information content (AvgIpc) is 2.47. The highest BCUT2D eigenvalue weighted by atomic mass is 79.9. The van der Waals surface area contributed by atoms with Gasteiger partial charge in [-0.2, -0.15) is 0 Å². The molecule has 0 aliphatic rings. The van der Waals surface area contributed by atoms with Crippen LogP contribution in [-0.4, -0.2) is 18.0 Å². The fraction of sp³-hybridized carbons (Fsp3) is 0.133. The summed E-state index contributed by atoms with van der Waals surface area (Å²) in [6.07, 6.45) is 0.0643. The van der Waals surface area contributed by atoms with Gasteiger partial charge >= 0.3 is 0 Å². The normalized spacial score (nSPS) is 11.9. The molecule has 2 aromatic rings. The van der Waals surface area contributed by atoms with Crippen LogP contribution in [0, 0.1) is 0 Å². The van der Waals surface area contributed by atoms with E-state index in [1.807, 2.05) is 30.3 Å². The summed E-state index contributed by atoms with van der Waals surface area (Å²) in [5.41, 5.74) is 1.32. The Morgan fingerprint density at radius 1 is 1.21 bits per heavy atom. The summed E-state index contributed by atoms with van der Waals surface area (Å²) in [6.45, 7) is 0.143. The predicted octanol–water partition coefficient (Wildman–Crippen LogP) is 3.37. The molecular formula is C15H13BrO3. The molecular weight excluding hydrogens is 308 g/mol. The first-order valence-corrected chi connectivity index (χ1v) is 6.60. The van der Waals surface area contributed by atoms with E-state index in [9.17, 15) is 9.90 Å². The van der Waals surface area contributed by atoms with Gasteiger partial charge in [-0.1, -0.05) is 46.3 Å². The van der Waals surface area contributed by atoms with Crippen molar-refractivity contribution in [2.75, 3.05) is 6.61 Å². The van der Waals surface area contributed by atoms with Crippen LogP contribution in [0.1, 0.15) is 22.0 Å². The molecule has 0 aliphatic carbocycles. The Morgan fingerprint density at radius 3 is 2.63 bits per heavy atom. The minimum Gasteiger partial charge on any atom is -0.491 e. The minimum absolute atomic E-state index is 0.143. The van der Waals surface area contributed by atoms with Crippen molar-refractivity contribution in [1.29, 1.82) is 0 Å². The van der Waals surface area contributed by atoms with Gasteiger partial charge in [-0.3, -0.25) is 4.79 Å². The fourth-order valence-corrected chi connectivity index (χ4v) is 1.99. The highest BCUT2D eigenvalue weighted by Gasteiger charge is 2.08. The van der Waals surface area contributed by atoms with Gasteiger partial charge in [0.05, 0.1) is 0 Å². The number of aliphatic hydroxyl groups is 1. The average molecular weight is 321 g/mol. The van der Waals surface area contributed by atoms with E-state index in [0.717, 1.165) is 16.3 Å². The Bertz CT molecular complexity index is 555. The van der Waals surface area contributed by atoms with Crippen LogP contribution in [0.4, 0.5) is 0 Å². The first kappa shape index (κ1) is 13.8. The summed E-state index contributed by atoms with van der Waals surface area (Å²) in [4.78, 5) is 10.8. The molecule has 0 bridgehead atoms. The standard InChI is InChI=1S/C15H13BrO3/c16-14-7-6-13(8-12(14)9-17)19-10-15(18)11-4-2-1-3-5-11/h1-9,15,18H,10H2. The quantitative estimate of drug-likeness (QED) is 0.859. The van der Waals surface area contributed by atoms with Crippen LogP contribution in [0.3, 0.4) is 0 Å². The lowest BCUT2D eigenvalue weighted by atomic mass is 10.1. The largest absolute Gasteiger partial charge is 0.491 e. The zero-order valence-corrected chi connectivity index (χ0v) is 11.7. The van der Waals surface area contributed by atoms with Gasteiger partial charge in [0.1, 0.15) is 18.5 Å². The van der Waals surface area contributed by atoms with Gasteiger partial charge in [0, 0.05) is 10.0 Å². The zero-order chi connectivity index (χ0) is 13.7. The van der Waals surface area contributed by atoms with E-state index in [1.54, 1.807) is 18.2 Å². The highest BCUT2D eigenvalue weighted by molar-refractivity contribution is 9.10. The maximum absolute atomic E-state index is 10.8. The molecule has 0 heterocycles. The molecule has 1 unspecified atom stereocenters. The van der Waals surface area contributed by atoms with Gasteiger partial charge in [-0.25, -0.2) is 0 Å². The van der Waals surface area contributed by atoms with Gasteiger partial charge in [-0.05, 0) is 23.8 Å². The Hall–Kier alpha value is -1.65. The van der Waals surface area contributed by atoms with Crippen LogP contribution >= 0.6 is 15.9 Å². The molecule has 0 saturated heterocycles. The van der Waals surface area contributed by atoms with E-state index < -0.39 is 6.10 Å². The van der Waals surface area contributed by atoms with Gasteiger partial charge in [0.15, 0.2) is 6.29 Å². The van der Waals surface area contributed by atoms with Gasteiger partial charge in [-0.15, -0.1) is 0 Å². The molecule has 0 radical (unpaired) electrons. The monoisotopic (exact) mass is 320 g/mol. The van der Waals surface area contributed by atoms with Crippen LogP contribution in [-0.2, 0) is 0 Å². The number of carbonyl (C=O) groups excluding carboxylic acids is 1. The zero-order valence-electron chi connectivity index (χ0n) is 10.1. The summed E-state index contributed by atoms with van der Waals surface area (Å²) in [5, 5.41) is 9.96. The van der Waals surface area contributed by atoms with Crippen LogP contribution in [0.15, 0.2) is 53.0 Å². The molecule has 0 aliphatic heterocycles. The van der Waals surface area contributed by atoms with E-state index in [1.165, 1.54) is 0 Å². The van der Waals surface area contributed by atoms with Crippen LogP contribution in [0.2, 0.25) is 0 Å². The smallest absolute Gasteiger partial charge is 0.151 e. The number of carbonyl (C=O) groups is 1. The molecule has 0 spiro atoms. The van der Waals surface area contributed by atoms with Crippen molar-refractivity contribution in [1.82, 2.24) is 0 Å². The third kappa shape index (κ3) is 3.66. The molecule has 0 fully saturated rings. The molecule has 2 aromatic carbocycles. The maximum atomic E-state index is 10.8. The molecule has 1 N–H and O–H groups in total. The van der Waals surface area contributed by atoms with Crippen LogP contribution in [0.5, 0.6) is 5.75 Å². The molecule has 1 atom stereocenters. The minimum atomic E-state index is -0.690. The van der Waals surface area contributed by atoms with E-state index in [0.29, 0.717) is 11.3 Å². The second-order valence-electron chi connectivity index (χ2n) is 4.04. The number of halogens is 1. The third-order valence-corrected chi connectivity index (χ3v) is 3.41. The second kappa shape index (κ2) is 6.50. The number of ether oxygens (including phenoxy) is 1. The van der Waals surface area contributed by atoms with Crippen molar-refractivity contribution in [3.8, 4) is 5.75 Å². The Kier molecular flexibility index (Phi) is 4.71. The van der Waals surface area contributed by atoms with Crippen molar-refractivity contribution in [3.63, 3.8) is 0 Å². The molecule has 19 heavy (non-hydrogen) atoms. The maximum Gasteiger partial charge on any atom is 0.151 e. The number of aldehydes is 1. The van der Waals surface area contributed by atoms with Crippen molar-refractivity contribution in [3.05, 3.63) is 64.1 Å².